The number of benzene rings is 2. The Labute approximate surface area is 334 Å². The summed E-state index contributed by atoms with van der Waals surface area (Å²) >= 11 is 0. The molecule has 58 heavy (non-hydrogen) atoms. The molecule has 0 aliphatic carbocycles. The molecule has 0 bridgehead atoms. The molecule has 2 aliphatic heterocycles. The van der Waals surface area contributed by atoms with E-state index in [0.717, 1.165) is 82.3 Å². The fourth-order valence-corrected chi connectivity index (χ4v) is 7.74. The quantitative estimate of drug-likeness (QED) is 0.174. The molecule has 0 atom stereocenters. The van der Waals surface area contributed by atoms with Crippen LogP contribution >= 0.6 is 0 Å². The minimum Gasteiger partial charge on any atom is -0.296 e. The molecule has 0 fully saturated rings. The van der Waals surface area contributed by atoms with Gasteiger partial charge in [-0.15, -0.1) is 10.2 Å². The molecule has 288 valence electrons. The van der Waals surface area contributed by atoms with Crippen LogP contribution in [0.25, 0.3) is 67.1 Å². The molecule has 6 aromatic heterocycles. The van der Waals surface area contributed by atoms with E-state index in [0.29, 0.717) is 35.2 Å². The van der Waals surface area contributed by atoms with Crippen LogP contribution in [0.1, 0.15) is 52.2 Å². The van der Waals surface area contributed by atoms with Crippen molar-refractivity contribution in [1.82, 2.24) is 49.2 Å². The summed E-state index contributed by atoms with van der Waals surface area (Å²) in [5, 5.41) is 9.97. The van der Waals surface area contributed by atoms with Gasteiger partial charge < -0.3 is 0 Å². The molecule has 0 radical (unpaired) electrons. The van der Waals surface area contributed by atoms with Crippen LogP contribution in [-0.4, -0.2) is 49.2 Å². The van der Waals surface area contributed by atoms with E-state index >= 15 is 0 Å². The summed E-state index contributed by atoms with van der Waals surface area (Å²) in [7, 11) is 0. The number of nitrogens with zero attached hydrogens (tertiary/aromatic N) is 10. The lowest BCUT2D eigenvalue weighted by atomic mass is 9.85. The van der Waals surface area contributed by atoms with Crippen LogP contribution in [-0.2, 0) is 25.9 Å². The van der Waals surface area contributed by atoms with Gasteiger partial charge in [-0.25, -0.2) is 19.9 Å². The lowest BCUT2D eigenvalue weighted by molar-refractivity contribution is 0.240. The van der Waals surface area contributed by atoms with Gasteiger partial charge in [0.05, 0.1) is 33.2 Å². The Bertz CT molecular complexity index is 2720. The number of aryl methyl sites for hydroxylation is 2. The molecule has 8 aromatic rings. The normalized spacial score (nSPS) is 15.2. The van der Waals surface area contributed by atoms with Crippen LogP contribution in [0.4, 0.5) is 0 Å². The molecule has 12 nitrogen and oxygen atoms in total. The predicted octanol–water partition coefficient (Wildman–Crippen LogP) is 7.78. The second-order valence-corrected chi connectivity index (χ2v) is 16.7. The van der Waals surface area contributed by atoms with Gasteiger partial charge in [0.25, 0.3) is 11.1 Å². The van der Waals surface area contributed by atoms with Crippen LogP contribution in [0.5, 0.6) is 0 Å². The summed E-state index contributed by atoms with van der Waals surface area (Å²) in [6.07, 6.45) is 10.7. The highest BCUT2D eigenvalue weighted by molar-refractivity contribution is 5.84. The zero-order valence-electron chi connectivity index (χ0n) is 32.9. The Morgan fingerprint density at radius 3 is 1.57 bits per heavy atom. The maximum absolute atomic E-state index is 13.0. The maximum atomic E-state index is 13.0. The molecule has 0 spiro atoms. The van der Waals surface area contributed by atoms with Crippen molar-refractivity contribution in [2.75, 3.05) is 0 Å². The van der Waals surface area contributed by atoms with Crippen molar-refractivity contribution in [3.63, 3.8) is 0 Å². The van der Waals surface area contributed by atoms with Gasteiger partial charge in [0.15, 0.2) is 5.82 Å². The number of fused-ring (bicyclic) bond motifs is 4. The molecule has 8 heterocycles. The number of pyridine rings is 2. The van der Waals surface area contributed by atoms with Crippen LogP contribution < -0.4 is 11.1 Å². The Hall–Kier alpha value is -6.82. The highest BCUT2D eigenvalue weighted by atomic mass is 16.1. The third-order valence-electron chi connectivity index (χ3n) is 11.1. The molecule has 0 unspecified atom stereocenters. The van der Waals surface area contributed by atoms with Crippen LogP contribution in [0, 0.1) is 10.8 Å². The van der Waals surface area contributed by atoms with Gasteiger partial charge in [-0.05, 0) is 89.9 Å². The SMILES string of the molecule is CC1(C)CCc2nc3cc(-c4ccc(-c5ccccn5)nn4)ccc3c(=O)n2C1.CC1(C)CCc2nc3cc(-c4cnc(-c5ccccn5)nc4)ccc3c(=O)n2C1. The topological polar surface area (TPSA) is 147 Å². The third-order valence-corrected chi connectivity index (χ3v) is 11.1. The second kappa shape index (κ2) is 14.6. The van der Waals surface area contributed by atoms with Crippen molar-refractivity contribution in [2.45, 2.75) is 66.5 Å². The van der Waals surface area contributed by atoms with Crippen molar-refractivity contribution in [1.29, 1.82) is 0 Å². The molecule has 0 saturated carbocycles. The van der Waals surface area contributed by atoms with Crippen LogP contribution in [0.15, 0.2) is 119 Å². The summed E-state index contributed by atoms with van der Waals surface area (Å²) in [4.78, 5) is 53.1. The smallest absolute Gasteiger partial charge is 0.261 e. The molecule has 10 rings (SSSR count). The predicted molar refractivity (Wildman–Crippen MR) is 225 cm³/mol. The first-order chi connectivity index (χ1) is 28.0. The van der Waals surface area contributed by atoms with Gasteiger partial charge in [0.2, 0.25) is 0 Å². The average Bonchev–Trinajstić information content (AvgIpc) is 3.25. The zero-order valence-corrected chi connectivity index (χ0v) is 32.9. The fourth-order valence-electron chi connectivity index (χ4n) is 7.74. The first-order valence-electron chi connectivity index (χ1n) is 19.6. The van der Waals surface area contributed by atoms with E-state index in [1.54, 1.807) is 24.8 Å². The van der Waals surface area contributed by atoms with Gasteiger partial charge in [0.1, 0.15) is 23.0 Å². The first kappa shape index (κ1) is 36.8. The molecule has 0 N–H and O–H groups in total. The molecule has 2 aliphatic rings. The summed E-state index contributed by atoms with van der Waals surface area (Å²) in [6, 6.07) is 26.6. The van der Waals surface area contributed by atoms with Crippen molar-refractivity contribution >= 4 is 21.8 Å². The molecular formula is C46H42N10O2. The standard InChI is InChI=1S/2C23H21N5O/c1-23(2)11-10-21-25-20-13-15(6-7-16(20)22(29)28(21)14-23)17-8-9-19(27-26-17)18-5-3-4-12-24-18;1-23(2)9-8-20-27-19-11-15(6-7-17(19)22(29)28(20)14-23)16-12-25-21(26-13-16)18-5-3-4-10-24-18/h3-9,12-13H,10-11,14H2,1-2H3;3-7,10-13H,8-9,14H2,1-2H3. The van der Waals surface area contributed by atoms with E-state index in [1.807, 2.05) is 94.1 Å². The van der Waals surface area contributed by atoms with Crippen molar-refractivity contribution < 1.29 is 0 Å². The fraction of sp³-hybridized carbons (Fsp3) is 0.261. The highest BCUT2D eigenvalue weighted by Gasteiger charge is 2.29. The lowest BCUT2D eigenvalue weighted by Gasteiger charge is -2.31. The average molecular weight is 767 g/mol. The molecular weight excluding hydrogens is 725 g/mol. The Kier molecular flexibility index (Phi) is 9.26. The zero-order chi connectivity index (χ0) is 40.0. The van der Waals surface area contributed by atoms with Crippen LogP contribution in [0.3, 0.4) is 0 Å². The number of rotatable bonds is 4. The van der Waals surface area contributed by atoms with E-state index in [4.69, 9.17) is 9.97 Å². The van der Waals surface area contributed by atoms with Gasteiger partial charge >= 0.3 is 0 Å². The Balaban J connectivity index is 0.000000150. The Morgan fingerprint density at radius 2 is 1.03 bits per heavy atom. The molecule has 12 heteroatoms. The van der Waals surface area contributed by atoms with E-state index in [-0.39, 0.29) is 21.9 Å². The minimum absolute atomic E-state index is 0.0425. The number of hydrogen-bond donors (Lipinski definition) is 0. The number of hydrogen-bond acceptors (Lipinski definition) is 10. The van der Waals surface area contributed by atoms with Crippen LogP contribution in [0.2, 0.25) is 0 Å². The molecule has 0 saturated heterocycles. The van der Waals surface area contributed by atoms with E-state index in [1.165, 1.54) is 0 Å². The maximum Gasteiger partial charge on any atom is 0.261 e. The monoisotopic (exact) mass is 766 g/mol. The third kappa shape index (κ3) is 7.29. The van der Waals surface area contributed by atoms with Gasteiger partial charge in [-0.1, -0.05) is 52.0 Å². The first-order valence-corrected chi connectivity index (χ1v) is 19.6. The van der Waals surface area contributed by atoms with Gasteiger partial charge in [-0.2, -0.15) is 0 Å². The minimum atomic E-state index is 0.0425. The summed E-state index contributed by atoms with van der Waals surface area (Å²) in [6.45, 7) is 10.2. The van der Waals surface area contributed by atoms with E-state index < -0.39 is 0 Å². The van der Waals surface area contributed by atoms with Crippen molar-refractivity contribution in [3.8, 4) is 45.3 Å². The van der Waals surface area contributed by atoms with E-state index in [2.05, 4.69) is 57.8 Å². The lowest BCUT2D eigenvalue weighted by Crippen LogP contribution is -2.36. The summed E-state index contributed by atoms with van der Waals surface area (Å²) in [5.74, 6) is 2.33. The van der Waals surface area contributed by atoms with Gasteiger partial charge in [0, 0.05) is 61.8 Å². The molecule has 2 aromatic carbocycles. The Morgan fingerprint density at radius 1 is 0.517 bits per heavy atom. The summed E-state index contributed by atoms with van der Waals surface area (Å²) < 4.78 is 3.68. The number of aromatic nitrogens is 10. The summed E-state index contributed by atoms with van der Waals surface area (Å²) in [5.41, 5.74) is 7.49. The van der Waals surface area contributed by atoms with Gasteiger partial charge in [-0.3, -0.25) is 28.7 Å². The second-order valence-electron chi connectivity index (χ2n) is 16.7. The van der Waals surface area contributed by atoms with E-state index in [9.17, 15) is 9.59 Å². The molecule has 0 amide bonds. The van der Waals surface area contributed by atoms with Crippen molar-refractivity contribution in [2.24, 2.45) is 10.8 Å². The van der Waals surface area contributed by atoms with Crippen molar-refractivity contribution in [3.05, 3.63) is 142 Å². The largest absolute Gasteiger partial charge is 0.296 e. The highest BCUT2D eigenvalue weighted by Crippen LogP contribution is 2.32.